The van der Waals surface area contributed by atoms with E-state index in [-0.39, 0.29) is 0 Å². The Labute approximate surface area is 122 Å². The average molecular weight is 281 g/mol. The predicted octanol–water partition coefficient (Wildman–Crippen LogP) is 3.72. The van der Waals surface area contributed by atoms with E-state index in [0.29, 0.717) is 0 Å². The molecule has 0 aliphatic carbocycles. The SMILES string of the molecule is Cc1cc(Cl)ccc1N1CCC(CNCC(C)C)C1. The highest BCUT2D eigenvalue weighted by Gasteiger charge is 2.23. The van der Waals surface area contributed by atoms with Gasteiger partial charge in [0, 0.05) is 23.8 Å². The Morgan fingerprint density at radius 3 is 2.89 bits per heavy atom. The number of nitrogens with zero attached hydrogens (tertiary/aromatic N) is 1. The number of aryl methyl sites for hydroxylation is 1. The number of halogens is 1. The van der Waals surface area contributed by atoms with Crippen molar-refractivity contribution in [1.29, 1.82) is 0 Å². The molecule has 0 spiro atoms. The highest BCUT2D eigenvalue weighted by Crippen LogP contribution is 2.28. The van der Waals surface area contributed by atoms with Crippen LogP contribution >= 0.6 is 11.6 Å². The summed E-state index contributed by atoms with van der Waals surface area (Å²) < 4.78 is 0. The molecule has 0 saturated carbocycles. The van der Waals surface area contributed by atoms with E-state index in [9.17, 15) is 0 Å². The summed E-state index contributed by atoms with van der Waals surface area (Å²) >= 11 is 6.02. The summed E-state index contributed by atoms with van der Waals surface area (Å²) in [5.74, 6) is 1.50. The third-order valence-electron chi connectivity index (χ3n) is 3.77. The minimum atomic E-state index is 0.732. The van der Waals surface area contributed by atoms with Crippen molar-refractivity contribution in [2.45, 2.75) is 27.2 Å². The topological polar surface area (TPSA) is 15.3 Å². The number of rotatable bonds is 5. The van der Waals surface area contributed by atoms with Gasteiger partial charge in [0.1, 0.15) is 0 Å². The first-order chi connectivity index (χ1) is 9.06. The average Bonchev–Trinajstić information content (AvgIpc) is 2.77. The van der Waals surface area contributed by atoms with E-state index < -0.39 is 0 Å². The van der Waals surface area contributed by atoms with E-state index in [0.717, 1.165) is 43.0 Å². The lowest BCUT2D eigenvalue weighted by molar-refractivity contribution is 0.477. The molecule has 0 bridgehead atoms. The quantitative estimate of drug-likeness (QED) is 0.884. The van der Waals surface area contributed by atoms with Crippen molar-refractivity contribution in [1.82, 2.24) is 5.32 Å². The van der Waals surface area contributed by atoms with Gasteiger partial charge >= 0.3 is 0 Å². The second-order valence-electron chi connectivity index (χ2n) is 6.08. The Balaban J connectivity index is 1.87. The zero-order valence-corrected chi connectivity index (χ0v) is 13.0. The van der Waals surface area contributed by atoms with Gasteiger partial charge in [-0.2, -0.15) is 0 Å². The van der Waals surface area contributed by atoms with Gasteiger partial charge in [0.15, 0.2) is 0 Å². The molecule has 106 valence electrons. The Morgan fingerprint density at radius 1 is 1.42 bits per heavy atom. The minimum absolute atomic E-state index is 0.732. The molecular formula is C16H25ClN2. The molecule has 0 amide bonds. The first kappa shape index (κ1) is 14.7. The molecule has 1 N–H and O–H groups in total. The molecule has 3 heteroatoms. The molecule has 1 aliphatic heterocycles. The summed E-state index contributed by atoms with van der Waals surface area (Å²) in [4.78, 5) is 2.49. The highest BCUT2D eigenvalue weighted by molar-refractivity contribution is 6.30. The van der Waals surface area contributed by atoms with Crippen LogP contribution in [0, 0.1) is 18.8 Å². The lowest BCUT2D eigenvalue weighted by atomic mass is 10.1. The monoisotopic (exact) mass is 280 g/mol. The second kappa shape index (κ2) is 6.62. The van der Waals surface area contributed by atoms with Gasteiger partial charge in [-0.3, -0.25) is 0 Å². The van der Waals surface area contributed by atoms with Crippen LogP contribution in [0.25, 0.3) is 0 Å². The third-order valence-corrected chi connectivity index (χ3v) is 4.01. The second-order valence-corrected chi connectivity index (χ2v) is 6.52. The summed E-state index contributed by atoms with van der Waals surface area (Å²) in [6, 6.07) is 6.21. The van der Waals surface area contributed by atoms with Gasteiger partial charge in [0.2, 0.25) is 0 Å². The molecule has 0 radical (unpaired) electrons. The predicted molar refractivity (Wildman–Crippen MR) is 84.2 cm³/mol. The summed E-state index contributed by atoms with van der Waals surface area (Å²) in [5.41, 5.74) is 2.62. The van der Waals surface area contributed by atoms with Crippen molar-refractivity contribution in [3.8, 4) is 0 Å². The molecule has 2 rings (SSSR count). The maximum atomic E-state index is 6.02. The van der Waals surface area contributed by atoms with Crippen LogP contribution in [0.3, 0.4) is 0 Å². The molecule has 1 aliphatic rings. The smallest absolute Gasteiger partial charge is 0.0410 e. The van der Waals surface area contributed by atoms with E-state index in [1.807, 2.05) is 6.07 Å². The maximum absolute atomic E-state index is 6.02. The Kier molecular flexibility index (Phi) is 5.12. The largest absolute Gasteiger partial charge is 0.371 e. The van der Waals surface area contributed by atoms with Crippen LogP contribution in [-0.4, -0.2) is 26.2 Å². The molecule has 1 atom stereocenters. The number of nitrogens with one attached hydrogen (secondary N) is 1. The molecular weight excluding hydrogens is 256 g/mol. The highest BCUT2D eigenvalue weighted by atomic mass is 35.5. The zero-order valence-electron chi connectivity index (χ0n) is 12.2. The molecule has 1 saturated heterocycles. The van der Waals surface area contributed by atoms with E-state index in [1.165, 1.54) is 17.7 Å². The van der Waals surface area contributed by atoms with Crippen LogP contribution in [0.4, 0.5) is 5.69 Å². The van der Waals surface area contributed by atoms with E-state index in [2.05, 4.69) is 43.1 Å². The zero-order chi connectivity index (χ0) is 13.8. The van der Waals surface area contributed by atoms with Crippen LogP contribution in [0.15, 0.2) is 18.2 Å². The fraction of sp³-hybridized carbons (Fsp3) is 0.625. The van der Waals surface area contributed by atoms with E-state index in [4.69, 9.17) is 11.6 Å². The molecule has 0 aromatic heterocycles. The van der Waals surface area contributed by atoms with Gasteiger partial charge < -0.3 is 10.2 Å². The van der Waals surface area contributed by atoms with Crippen LogP contribution in [0.5, 0.6) is 0 Å². The van der Waals surface area contributed by atoms with Crippen molar-refractivity contribution in [3.05, 3.63) is 28.8 Å². The summed E-state index contributed by atoms with van der Waals surface area (Å²) in [6.45, 7) is 11.2. The van der Waals surface area contributed by atoms with E-state index in [1.54, 1.807) is 0 Å². The van der Waals surface area contributed by atoms with E-state index >= 15 is 0 Å². The van der Waals surface area contributed by atoms with Crippen molar-refractivity contribution >= 4 is 17.3 Å². The molecule has 1 unspecified atom stereocenters. The van der Waals surface area contributed by atoms with Crippen molar-refractivity contribution in [3.63, 3.8) is 0 Å². The lowest BCUT2D eigenvalue weighted by Crippen LogP contribution is -2.28. The van der Waals surface area contributed by atoms with Crippen LogP contribution < -0.4 is 10.2 Å². The Morgan fingerprint density at radius 2 is 2.21 bits per heavy atom. The number of anilines is 1. The van der Waals surface area contributed by atoms with Gasteiger partial charge in [0.25, 0.3) is 0 Å². The number of benzene rings is 1. The van der Waals surface area contributed by atoms with Crippen molar-refractivity contribution < 1.29 is 0 Å². The normalized spacial score (nSPS) is 19.4. The number of hydrogen-bond donors (Lipinski definition) is 1. The van der Waals surface area contributed by atoms with Crippen molar-refractivity contribution in [2.75, 3.05) is 31.1 Å². The summed E-state index contributed by atoms with van der Waals surface area (Å²) in [5, 5.41) is 4.40. The minimum Gasteiger partial charge on any atom is -0.371 e. The summed E-state index contributed by atoms with van der Waals surface area (Å²) in [6.07, 6.45) is 1.28. The Bertz CT molecular complexity index is 417. The molecule has 2 nitrogen and oxygen atoms in total. The molecule has 1 fully saturated rings. The van der Waals surface area contributed by atoms with Gasteiger partial charge in [-0.15, -0.1) is 0 Å². The fourth-order valence-electron chi connectivity index (χ4n) is 2.77. The van der Waals surface area contributed by atoms with Crippen molar-refractivity contribution in [2.24, 2.45) is 11.8 Å². The maximum Gasteiger partial charge on any atom is 0.0410 e. The Hall–Kier alpha value is -0.730. The fourth-order valence-corrected chi connectivity index (χ4v) is 2.99. The lowest BCUT2D eigenvalue weighted by Gasteiger charge is -2.21. The van der Waals surface area contributed by atoms with Crippen LogP contribution in [0.2, 0.25) is 5.02 Å². The molecule has 1 heterocycles. The standard InChI is InChI=1S/C16H25ClN2/c1-12(2)9-18-10-14-6-7-19(11-14)16-5-4-15(17)8-13(16)3/h4-5,8,12,14,18H,6-7,9-11H2,1-3H3. The first-order valence-corrected chi connectivity index (χ1v) is 7.66. The summed E-state index contributed by atoms with van der Waals surface area (Å²) in [7, 11) is 0. The number of hydrogen-bond acceptors (Lipinski definition) is 2. The first-order valence-electron chi connectivity index (χ1n) is 7.28. The van der Waals surface area contributed by atoms with Crippen LogP contribution in [-0.2, 0) is 0 Å². The molecule has 19 heavy (non-hydrogen) atoms. The van der Waals surface area contributed by atoms with Crippen LogP contribution in [0.1, 0.15) is 25.8 Å². The van der Waals surface area contributed by atoms with Gasteiger partial charge in [-0.25, -0.2) is 0 Å². The third kappa shape index (κ3) is 4.12. The van der Waals surface area contributed by atoms with Gasteiger partial charge in [0.05, 0.1) is 0 Å². The molecule has 1 aromatic carbocycles. The molecule has 1 aromatic rings. The van der Waals surface area contributed by atoms with Gasteiger partial charge in [-0.1, -0.05) is 25.4 Å². The van der Waals surface area contributed by atoms with Gasteiger partial charge in [-0.05, 0) is 62.0 Å².